The number of nitrogens with one attached hydrogen (secondary N) is 1. The number of phenolic OH excluding ortho intramolecular Hbond substituents is 1. The van der Waals surface area contributed by atoms with Gasteiger partial charge in [0.1, 0.15) is 5.75 Å². The smallest absolute Gasteiger partial charge is 0.405 e. The molecule has 6 nitrogen and oxygen atoms in total. The zero-order chi connectivity index (χ0) is 12.9. The van der Waals surface area contributed by atoms with Gasteiger partial charge in [0.05, 0.1) is 18.1 Å². The molecule has 0 fully saturated rings. The maximum absolute atomic E-state index is 11.7. The summed E-state index contributed by atoms with van der Waals surface area (Å²) in [7, 11) is 0. The maximum Gasteiger partial charge on any atom is 0.405 e. The fraction of sp³-hybridized carbons (Fsp3) is 0.167. The molecule has 1 aromatic carbocycles. The number of carboxylic acid groups (broad SMARTS) is 1. The van der Waals surface area contributed by atoms with Crippen LogP contribution >= 0.6 is 0 Å². The first kappa shape index (κ1) is 10.6. The second-order valence-corrected chi connectivity index (χ2v) is 4.22. The molecule has 0 spiro atoms. The number of hydrogen-bond donors (Lipinski definition) is 3. The van der Waals surface area contributed by atoms with Gasteiger partial charge in [-0.3, -0.25) is 4.79 Å². The molecule has 1 amide bonds. The maximum atomic E-state index is 11.7. The Bertz CT molecular complexity index is 720. The van der Waals surface area contributed by atoms with Gasteiger partial charge in [-0.05, 0) is 23.6 Å². The van der Waals surface area contributed by atoms with E-state index in [1.54, 1.807) is 12.1 Å². The van der Waals surface area contributed by atoms with Crippen LogP contribution in [-0.2, 0) is 6.54 Å². The molecule has 1 atom stereocenters. The van der Waals surface area contributed by atoms with Crippen molar-refractivity contribution in [2.45, 2.75) is 12.6 Å². The summed E-state index contributed by atoms with van der Waals surface area (Å²) in [5, 5.41) is 21.8. The van der Waals surface area contributed by atoms with Crippen molar-refractivity contribution in [2.24, 2.45) is 0 Å². The Balaban J connectivity index is 2.31. The molecule has 1 aromatic heterocycles. The molecule has 0 radical (unpaired) electrons. The van der Waals surface area contributed by atoms with Crippen LogP contribution in [0.4, 0.5) is 4.79 Å². The summed E-state index contributed by atoms with van der Waals surface area (Å²) in [6, 6.07) is 5.72. The second-order valence-electron chi connectivity index (χ2n) is 4.22. The van der Waals surface area contributed by atoms with E-state index in [1.807, 2.05) is 0 Å². The SMILES string of the molecule is O=C(O)N[C@@H]1Cn2c(=O)ccc3ccc(O)c1c32. The number of phenols is 1. The normalized spacial score (nSPS) is 17.0. The highest BCUT2D eigenvalue weighted by atomic mass is 16.4. The molecule has 0 aliphatic carbocycles. The van der Waals surface area contributed by atoms with Crippen molar-refractivity contribution < 1.29 is 15.0 Å². The number of hydrogen-bond acceptors (Lipinski definition) is 3. The Kier molecular flexibility index (Phi) is 2.07. The number of nitrogens with zero attached hydrogens (tertiary/aromatic N) is 1. The number of amides is 1. The minimum absolute atomic E-state index is 0.00176. The Morgan fingerprint density at radius 2 is 2.06 bits per heavy atom. The summed E-state index contributed by atoms with van der Waals surface area (Å²) < 4.78 is 1.48. The van der Waals surface area contributed by atoms with Crippen molar-refractivity contribution in [3.8, 4) is 5.75 Å². The highest BCUT2D eigenvalue weighted by Crippen LogP contribution is 2.37. The average molecular weight is 246 g/mol. The number of aromatic hydroxyl groups is 1. The predicted octanol–water partition coefficient (Wildman–Crippen LogP) is 1.03. The van der Waals surface area contributed by atoms with E-state index >= 15 is 0 Å². The topological polar surface area (TPSA) is 91.6 Å². The number of pyridine rings is 1. The van der Waals surface area contributed by atoms with Gasteiger partial charge in [0, 0.05) is 11.6 Å². The molecule has 6 heteroatoms. The fourth-order valence-electron chi connectivity index (χ4n) is 2.48. The molecule has 0 bridgehead atoms. The van der Waals surface area contributed by atoms with Crippen LogP contribution in [-0.4, -0.2) is 20.9 Å². The van der Waals surface area contributed by atoms with E-state index in [-0.39, 0.29) is 17.9 Å². The lowest BCUT2D eigenvalue weighted by Crippen LogP contribution is -2.28. The molecule has 0 unspecified atom stereocenters. The first-order valence-corrected chi connectivity index (χ1v) is 5.43. The van der Waals surface area contributed by atoms with Crippen LogP contribution in [0.2, 0.25) is 0 Å². The lowest BCUT2D eigenvalue weighted by atomic mass is 10.1. The predicted molar refractivity (Wildman–Crippen MR) is 63.8 cm³/mol. The van der Waals surface area contributed by atoms with Crippen LogP contribution in [0.1, 0.15) is 11.6 Å². The van der Waals surface area contributed by atoms with Gasteiger partial charge < -0.3 is 20.1 Å². The molecule has 3 N–H and O–H groups in total. The number of rotatable bonds is 1. The van der Waals surface area contributed by atoms with Crippen molar-refractivity contribution in [3.63, 3.8) is 0 Å². The molecule has 0 saturated carbocycles. The van der Waals surface area contributed by atoms with Crippen LogP contribution in [0.3, 0.4) is 0 Å². The first-order chi connectivity index (χ1) is 8.58. The molecular formula is C12H10N2O4. The minimum Gasteiger partial charge on any atom is -0.508 e. The summed E-state index contributed by atoms with van der Waals surface area (Å²) in [5.74, 6) is -0.00176. The van der Waals surface area contributed by atoms with Gasteiger partial charge >= 0.3 is 6.09 Å². The van der Waals surface area contributed by atoms with E-state index < -0.39 is 12.1 Å². The number of aromatic nitrogens is 1. The molecule has 1 aliphatic heterocycles. The minimum atomic E-state index is -1.18. The summed E-state index contributed by atoms with van der Waals surface area (Å²) in [6.45, 7) is 0.204. The molecule has 92 valence electrons. The zero-order valence-corrected chi connectivity index (χ0v) is 9.25. The van der Waals surface area contributed by atoms with Crippen LogP contribution in [0.25, 0.3) is 10.9 Å². The standard InChI is InChI=1S/C12H10N2O4/c15-8-3-1-6-2-4-9(16)14-5-7(13-12(17)18)10(8)11(6)14/h1-4,7,13,15H,5H2,(H,17,18)/t7-/m1/s1. The number of carbonyl (C=O) groups is 1. The molecule has 3 rings (SSSR count). The van der Waals surface area contributed by atoms with Crippen molar-refractivity contribution in [2.75, 3.05) is 0 Å². The quantitative estimate of drug-likeness (QED) is 0.700. The summed E-state index contributed by atoms with van der Waals surface area (Å²) >= 11 is 0. The first-order valence-electron chi connectivity index (χ1n) is 5.43. The lowest BCUT2D eigenvalue weighted by Gasteiger charge is -2.11. The molecule has 18 heavy (non-hydrogen) atoms. The molecule has 1 aliphatic rings. The molecule has 2 heterocycles. The van der Waals surface area contributed by atoms with Crippen LogP contribution in [0, 0.1) is 0 Å². The van der Waals surface area contributed by atoms with Crippen molar-refractivity contribution in [1.82, 2.24) is 9.88 Å². The van der Waals surface area contributed by atoms with E-state index in [0.717, 1.165) is 5.39 Å². The molecular weight excluding hydrogens is 236 g/mol. The van der Waals surface area contributed by atoms with Gasteiger partial charge in [-0.25, -0.2) is 4.79 Å². The summed E-state index contributed by atoms with van der Waals surface area (Å²) in [6.07, 6.45) is -1.18. The Morgan fingerprint density at radius 1 is 1.33 bits per heavy atom. The van der Waals surface area contributed by atoms with E-state index in [1.165, 1.54) is 16.7 Å². The molecule has 0 saturated heterocycles. The summed E-state index contributed by atoms with van der Waals surface area (Å²) in [4.78, 5) is 22.5. The van der Waals surface area contributed by atoms with Crippen molar-refractivity contribution >= 4 is 17.0 Å². The monoisotopic (exact) mass is 246 g/mol. The van der Waals surface area contributed by atoms with Gasteiger partial charge in [0.25, 0.3) is 5.56 Å². The largest absolute Gasteiger partial charge is 0.508 e. The van der Waals surface area contributed by atoms with Gasteiger partial charge in [0.15, 0.2) is 0 Å². The van der Waals surface area contributed by atoms with E-state index in [2.05, 4.69) is 5.32 Å². The lowest BCUT2D eigenvalue weighted by molar-refractivity contribution is 0.189. The van der Waals surface area contributed by atoms with Crippen LogP contribution in [0.5, 0.6) is 5.75 Å². The van der Waals surface area contributed by atoms with Crippen LogP contribution in [0.15, 0.2) is 29.1 Å². The highest BCUT2D eigenvalue weighted by molar-refractivity contribution is 5.87. The zero-order valence-electron chi connectivity index (χ0n) is 9.25. The third-order valence-corrected chi connectivity index (χ3v) is 3.18. The van der Waals surface area contributed by atoms with Crippen LogP contribution < -0.4 is 10.9 Å². The van der Waals surface area contributed by atoms with Gasteiger partial charge in [-0.15, -0.1) is 0 Å². The van der Waals surface area contributed by atoms with E-state index in [4.69, 9.17) is 5.11 Å². The highest BCUT2D eigenvalue weighted by Gasteiger charge is 2.29. The fourth-order valence-corrected chi connectivity index (χ4v) is 2.48. The Morgan fingerprint density at radius 3 is 2.78 bits per heavy atom. The third kappa shape index (κ3) is 1.35. The number of benzene rings is 1. The third-order valence-electron chi connectivity index (χ3n) is 3.18. The van der Waals surface area contributed by atoms with Gasteiger partial charge in [-0.2, -0.15) is 0 Å². The Hall–Kier alpha value is -2.50. The van der Waals surface area contributed by atoms with Gasteiger partial charge in [-0.1, -0.05) is 0 Å². The summed E-state index contributed by atoms with van der Waals surface area (Å²) in [5.41, 5.74) is 0.859. The Labute approximate surface area is 101 Å². The van der Waals surface area contributed by atoms with E-state index in [9.17, 15) is 14.7 Å². The van der Waals surface area contributed by atoms with Gasteiger partial charge in [0.2, 0.25) is 0 Å². The van der Waals surface area contributed by atoms with Crippen molar-refractivity contribution in [3.05, 3.63) is 40.2 Å². The van der Waals surface area contributed by atoms with E-state index in [0.29, 0.717) is 11.1 Å². The average Bonchev–Trinajstić information content (AvgIpc) is 2.67. The second kappa shape index (κ2) is 3.49. The van der Waals surface area contributed by atoms with Crippen molar-refractivity contribution in [1.29, 1.82) is 0 Å². The molecule has 2 aromatic rings.